The number of benzene rings is 11. The number of hydrogen-bond acceptors (Lipinski definition) is 4. The topological polar surface area (TPSA) is 41.6 Å². The second-order valence-electron chi connectivity index (χ2n) is 24.7. The van der Waals surface area contributed by atoms with Crippen molar-refractivity contribution < 1.29 is 8.83 Å². The summed E-state index contributed by atoms with van der Waals surface area (Å²) in [6.07, 6.45) is 6.44. The average Bonchev–Trinajstić information content (AvgIpc) is 1.68. The van der Waals surface area contributed by atoms with Gasteiger partial charge in [-0.2, -0.15) is 0 Å². The molecular formula is C78H54N4O2. The van der Waals surface area contributed by atoms with Crippen molar-refractivity contribution in [2.75, 3.05) is 9.80 Å². The fraction of sp³-hybridized carbons (Fsp3) is 0.103. The Morgan fingerprint density at radius 3 is 1.40 bits per heavy atom. The maximum Gasteiger partial charge on any atom is 0.135 e. The monoisotopic (exact) mass is 1080 g/mol. The molecule has 398 valence electrons. The van der Waals surface area contributed by atoms with Gasteiger partial charge in [0.05, 0.1) is 44.5 Å². The van der Waals surface area contributed by atoms with Crippen molar-refractivity contribution >= 4 is 128 Å². The Bertz CT molecular complexity index is 5600. The fourth-order valence-corrected chi connectivity index (χ4v) is 15.8. The number of para-hydroxylation sites is 3. The quantitative estimate of drug-likeness (QED) is 0.156. The van der Waals surface area contributed by atoms with Crippen LogP contribution < -0.4 is 9.80 Å². The van der Waals surface area contributed by atoms with Crippen LogP contribution in [0.2, 0.25) is 0 Å². The minimum absolute atomic E-state index is 0.190. The highest BCUT2D eigenvalue weighted by atomic mass is 16.3. The predicted molar refractivity (Wildman–Crippen MR) is 348 cm³/mol. The molecule has 0 atom stereocenters. The Morgan fingerprint density at radius 2 is 0.821 bits per heavy atom. The van der Waals surface area contributed by atoms with E-state index < -0.39 is 0 Å². The SMILES string of the molecule is CC1(C)c2ccccc2-c2ccc(N(c3ccc4oc5c(c4c3)C=CCC5)c3ccc4c5c3c3ccccc3n5c3ccc(N(c5ccc6c(c5)C(C)(C)c5ccccc5-6)c5ccc6oc7ccccc7c6c5)c5c6ccccc6n4c53)cc21. The van der Waals surface area contributed by atoms with Crippen LogP contribution in [0.15, 0.2) is 233 Å². The molecule has 0 saturated heterocycles. The van der Waals surface area contributed by atoms with Crippen molar-refractivity contribution in [3.05, 3.63) is 258 Å². The standard InChI is InChI=1S/C78H54N4O2/c1-77(2)59-23-11-5-17-49(59)51-33-29-47(43-61(51)77)79(45-31-39-71-57(41-45)53-19-9-15-27-69(53)83-71)65-35-37-67-75-73(65)55-21-7-13-25-63(55)81(75)68-38-36-66(74-56-22-8-14-26-64(56)82(67)76(68)74)80(46-32-40-72-58(42-46)54-20-10-16-28-70(54)84-72)48-30-34-52-50-18-6-12-24-60(50)78(3,4)62(52)44-48/h5-15,17-27,29-44H,16,28H2,1-4H3. The molecule has 0 saturated carbocycles. The van der Waals surface area contributed by atoms with E-state index in [-0.39, 0.29) is 10.8 Å². The molecule has 11 aromatic carbocycles. The summed E-state index contributed by atoms with van der Waals surface area (Å²) in [4.78, 5) is 5.04. The molecule has 5 heterocycles. The van der Waals surface area contributed by atoms with Gasteiger partial charge in [0.15, 0.2) is 0 Å². The molecule has 0 amide bonds. The number of hydrogen-bond donors (Lipinski definition) is 0. The lowest BCUT2D eigenvalue weighted by Gasteiger charge is -2.29. The van der Waals surface area contributed by atoms with Crippen LogP contribution in [-0.4, -0.2) is 8.80 Å². The van der Waals surface area contributed by atoms with Gasteiger partial charge in [0, 0.05) is 83.3 Å². The second kappa shape index (κ2) is 16.2. The van der Waals surface area contributed by atoms with Crippen LogP contribution in [0.25, 0.3) is 116 Å². The molecule has 6 nitrogen and oxygen atoms in total. The van der Waals surface area contributed by atoms with E-state index in [9.17, 15) is 0 Å². The molecule has 19 rings (SSSR count). The van der Waals surface area contributed by atoms with Crippen LogP contribution in [0.5, 0.6) is 0 Å². The minimum atomic E-state index is -0.195. The van der Waals surface area contributed by atoms with E-state index in [2.05, 4.69) is 277 Å². The van der Waals surface area contributed by atoms with Gasteiger partial charge in [-0.15, -0.1) is 0 Å². The largest absolute Gasteiger partial charge is 0.460 e. The molecule has 0 unspecified atom stereocenters. The zero-order valence-corrected chi connectivity index (χ0v) is 47.0. The lowest BCUT2D eigenvalue weighted by Crippen LogP contribution is -2.17. The van der Waals surface area contributed by atoms with Gasteiger partial charge in [-0.05, 0) is 154 Å². The number of anilines is 6. The van der Waals surface area contributed by atoms with Gasteiger partial charge < -0.3 is 27.4 Å². The molecule has 84 heavy (non-hydrogen) atoms. The molecule has 0 aliphatic heterocycles. The van der Waals surface area contributed by atoms with Crippen molar-refractivity contribution in [2.45, 2.75) is 51.4 Å². The Hall–Kier alpha value is -10.3. The van der Waals surface area contributed by atoms with E-state index in [1.165, 1.54) is 82.6 Å². The Labute approximate surface area is 484 Å². The van der Waals surface area contributed by atoms with E-state index in [1.807, 2.05) is 0 Å². The van der Waals surface area contributed by atoms with E-state index in [4.69, 9.17) is 8.83 Å². The molecular weight excluding hydrogens is 1020 g/mol. The van der Waals surface area contributed by atoms with Gasteiger partial charge in [0.2, 0.25) is 0 Å². The lowest BCUT2D eigenvalue weighted by molar-refractivity contribution is 0.546. The molecule has 5 aromatic heterocycles. The molecule has 0 bridgehead atoms. The summed E-state index contributed by atoms with van der Waals surface area (Å²) in [6, 6.07) is 81.8. The summed E-state index contributed by atoms with van der Waals surface area (Å²) in [5, 5.41) is 8.12. The third-order valence-corrected chi connectivity index (χ3v) is 19.6. The van der Waals surface area contributed by atoms with Gasteiger partial charge in [-0.3, -0.25) is 0 Å². The van der Waals surface area contributed by atoms with Gasteiger partial charge in [-0.1, -0.05) is 155 Å². The molecule has 0 fully saturated rings. The van der Waals surface area contributed by atoms with E-state index >= 15 is 0 Å². The number of furan rings is 2. The number of aryl methyl sites for hydroxylation is 1. The van der Waals surface area contributed by atoms with Crippen molar-refractivity contribution in [1.29, 1.82) is 0 Å². The summed E-state index contributed by atoms with van der Waals surface area (Å²) in [7, 11) is 0. The highest BCUT2D eigenvalue weighted by molar-refractivity contribution is 6.27. The average molecular weight is 1080 g/mol. The lowest BCUT2D eigenvalue weighted by atomic mass is 9.82. The molecule has 3 aliphatic rings. The van der Waals surface area contributed by atoms with Crippen LogP contribution in [0.1, 0.15) is 67.7 Å². The van der Waals surface area contributed by atoms with Crippen molar-refractivity contribution in [3.8, 4) is 22.3 Å². The van der Waals surface area contributed by atoms with E-state index in [0.717, 1.165) is 108 Å². The minimum Gasteiger partial charge on any atom is -0.460 e. The highest BCUT2D eigenvalue weighted by Crippen LogP contribution is 2.56. The Kier molecular flexibility index (Phi) is 8.96. The number of nitrogens with zero attached hydrogens (tertiary/aromatic N) is 4. The van der Waals surface area contributed by atoms with Crippen LogP contribution in [0, 0.1) is 0 Å². The zero-order chi connectivity index (χ0) is 55.5. The summed E-state index contributed by atoms with van der Waals surface area (Å²) >= 11 is 0. The summed E-state index contributed by atoms with van der Waals surface area (Å²) in [5.74, 6) is 1.07. The second-order valence-corrected chi connectivity index (χ2v) is 24.7. The smallest absolute Gasteiger partial charge is 0.135 e. The predicted octanol–water partition coefficient (Wildman–Crippen LogP) is 21.4. The fourth-order valence-electron chi connectivity index (χ4n) is 15.8. The third-order valence-electron chi connectivity index (χ3n) is 19.6. The summed E-state index contributed by atoms with van der Waals surface area (Å²) < 4.78 is 18.2. The zero-order valence-electron chi connectivity index (χ0n) is 47.0. The number of fused-ring (bicyclic) bond motifs is 20. The Morgan fingerprint density at radius 1 is 0.369 bits per heavy atom. The first kappa shape index (κ1) is 46.3. The van der Waals surface area contributed by atoms with Crippen LogP contribution in [0.3, 0.4) is 0 Å². The van der Waals surface area contributed by atoms with E-state index in [1.54, 1.807) is 0 Å². The molecule has 3 aliphatic carbocycles. The van der Waals surface area contributed by atoms with E-state index in [0.29, 0.717) is 0 Å². The molecule has 0 spiro atoms. The molecule has 0 radical (unpaired) electrons. The van der Waals surface area contributed by atoms with Crippen LogP contribution >= 0.6 is 0 Å². The molecule has 0 N–H and O–H groups in total. The highest BCUT2D eigenvalue weighted by Gasteiger charge is 2.38. The van der Waals surface area contributed by atoms with Crippen molar-refractivity contribution in [3.63, 3.8) is 0 Å². The first-order valence-electron chi connectivity index (χ1n) is 29.5. The van der Waals surface area contributed by atoms with Crippen LogP contribution in [0.4, 0.5) is 34.1 Å². The summed E-state index contributed by atoms with van der Waals surface area (Å²) in [5.41, 5.74) is 27.6. The maximum atomic E-state index is 6.58. The number of aromatic nitrogens is 2. The molecule has 16 aromatic rings. The van der Waals surface area contributed by atoms with Crippen molar-refractivity contribution in [2.24, 2.45) is 0 Å². The first-order chi connectivity index (χ1) is 41.2. The summed E-state index contributed by atoms with van der Waals surface area (Å²) in [6.45, 7) is 9.51. The number of allylic oxidation sites excluding steroid dienone is 1. The molecule has 6 heteroatoms. The third kappa shape index (κ3) is 5.94. The van der Waals surface area contributed by atoms with Crippen LogP contribution in [-0.2, 0) is 17.3 Å². The van der Waals surface area contributed by atoms with Crippen molar-refractivity contribution in [1.82, 2.24) is 8.80 Å². The van der Waals surface area contributed by atoms with Gasteiger partial charge in [-0.25, -0.2) is 0 Å². The maximum absolute atomic E-state index is 6.58. The van der Waals surface area contributed by atoms with Gasteiger partial charge in [0.25, 0.3) is 0 Å². The van der Waals surface area contributed by atoms with Gasteiger partial charge >= 0.3 is 0 Å². The first-order valence-corrected chi connectivity index (χ1v) is 29.5. The number of rotatable bonds is 6. The normalized spacial score (nSPS) is 14.7. The van der Waals surface area contributed by atoms with Gasteiger partial charge in [0.1, 0.15) is 22.5 Å². The Balaban J connectivity index is 0.895.